The molecule has 0 radical (unpaired) electrons. The molecular formula is C28H38N4O4S. The molecule has 1 aromatic carbocycles. The first-order valence-electron chi connectivity index (χ1n) is 12.7. The van der Waals surface area contributed by atoms with Crippen molar-refractivity contribution in [1.82, 2.24) is 14.8 Å². The first-order chi connectivity index (χ1) is 17.8. The quantitative estimate of drug-likeness (QED) is 0.347. The summed E-state index contributed by atoms with van der Waals surface area (Å²) in [5.41, 5.74) is 3.19. The van der Waals surface area contributed by atoms with E-state index in [2.05, 4.69) is 53.4 Å². The van der Waals surface area contributed by atoms with E-state index >= 15 is 0 Å². The number of carbonyl (C=O) groups is 1. The molecular weight excluding hydrogens is 488 g/mol. The number of fused-ring (bicyclic) bond motifs is 1. The van der Waals surface area contributed by atoms with E-state index in [9.17, 15) is 4.79 Å². The Morgan fingerprint density at radius 3 is 2.32 bits per heavy atom. The number of hydrogen-bond donors (Lipinski definition) is 2. The van der Waals surface area contributed by atoms with Crippen LogP contribution in [0.3, 0.4) is 0 Å². The van der Waals surface area contributed by atoms with Crippen molar-refractivity contribution in [2.75, 3.05) is 40.2 Å². The van der Waals surface area contributed by atoms with Crippen molar-refractivity contribution >= 4 is 23.1 Å². The van der Waals surface area contributed by atoms with E-state index in [4.69, 9.17) is 14.2 Å². The van der Waals surface area contributed by atoms with Crippen LogP contribution in [0.25, 0.3) is 5.00 Å². The molecule has 9 heteroatoms. The molecule has 3 aromatic rings. The van der Waals surface area contributed by atoms with Crippen molar-refractivity contribution in [2.24, 2.45) is 5.92 Å². The van der Waals surface area contributed by atoms with Crippen LogP contribution < -0.4 is 24.8 Å². The van der Waals surface area contributed by atoms with E-state index in [1.165, 1.54) is 21.0 Å². The number of anilines is 1. The number of carbonyl (C=O) groups excluding carboxylic acids is 1. The standard InChI is InChI=1S/C28H38N4O4S/c1-18(2)9-10-21(30-28(33)29-19-15-22(34-4)26(36-6)23(16-19)35-5)25-20-11-14-31(3)17-24(20)37-27(25)32-12-7-8-13-32/h7-8,12-13,15-16,18,21H,9-11,14,17H2,1-6H3,(H2,29,30,33)/t21-/m1/s1. The van der Waals surface area contributed by atoms with Crippen LogP contribution in [0.2, 0.25) is 0 Å². The molecule has 1 aliphatic heterocycles. The van der Waals surface area contributed by atoms with Crippen molar-refractivity contribution in [1.29, 1.82) is 0 Å². The molecule has 0 saturated carbocycles. The summed E-state index contributed by atoms with van der Waals surface area (Å²) >= 11 is 1.83. The molecule has 3 heterocycles. The van der Waals surface area contributed by atoms with Crippen LogP contribution in [0.15, 0.2) is 36.7 Å². The average Bonchev–Trinajstić information content (AvgIpc) is 3.53. The van der Waals surface area contributed by atoms with Crippen LogP contribution in [-0.4, -0.2) is 50.4 Å². The average molecular weight is 527 g/mol. The van der Waals surface area contributed by atoms with Gasteiger partial charge in [-0.25, -0.2) is 4.79 Å². The highest BCUT2D eigenvalue weighted by atomic mass is 32.1. The van der Waals surface area contributed by atoms with Crippen molar-refractivity contribution < 1.29 is 19.0 Å². The van der Waals surface area contributed by atoms with Gasteiger partial charge in [0.05, 0.1) is 33.1 Å². The summed E-state index contributed by atoms with van der Waals surface area (Å²) in [5.74, 6) is 1.98. The molecule has 8 nitrogen and oxygen atoms in total. The van der Waals surface area contributed by atoms with E-state index in [1.54, 1.807) is 33.5 Å². The molecule has 4 rings (SSSR count). The molecule has 2 aromatic heterocycles. The molecule has 0 fully saturated rings. The normalized spacial score (nSPS) is 14.2. The van der Waals surface area contributed by atoms with Gasteiger partial charge in [0.2, 0.25) is 5.75 Å². The van der Waals surface area contributed by atoms with Gasteiger partial charge in [-0.2, -0.15) is 0 Å². The first-order valence-corrected chi connectivity index (χ1v) is 13.5. The van der Waals surface area contributed by atoms with Gasteiger partial charge in [-0.1, -0.05) is 13.8 Å². The van der Waals surface area contributed by atoms with Gasteiger partial charge in [-0.15, -0.1) is 11.3 Å². The fourth-order valence-corrected chi connectivity index (χ4v) is 6.29. The second-order valence-electron chi connectivity index (χ2n) is 9.84. The molecule has 1 aliphatic rings. The lowest BCUT2D eigenvalue weighted by Gasteiger charge is -2.26. The highest BCUT2D eigenvalue weighted by Gasteiger charge is 2.29. The maximum absolute atomic E-state index is 13.4. The number of nitrogens with zero attached hydrogens (tertiary/aromatic N) is 2. The Labute approximate surface area is 223 Å². The van der Waals surface area contributed by atoms with Gasteiger partial charge in [0.1, 0.15) is 5.00 Å². The highest BCUT2D eigenvalue weighted by Crippen LogP contribution is 2.42. The molecule has 0 aliphatic carbocycles. The molecule has 37 heavy (non-hydrogen) atoms. The Balaban J connectivity index is 1.66. The van der Waals surface area contributed by atoms with Gasteiger partial charge in [-0.05, 0) is 49.9 Å². The monoisotopic (exact) mass is 526 g/mol. The van der Waals surface area contributed by atoms with Crippen molar-refractivity contribution in [2.45, 2.75) is 45.7 Å². The number of amides is 2. The largest absolute Gasteiger partial charge is 0.493 e. The van der Waals surface area contributed by atoms with Gasteiger partial charge in [0, 0.05) is 48.1 Å². The minimum Gasteiger partial charge on any atom is -0.493 e. The van der Waals surface area contributed by atoms with E-state index in [-0.39, 0.29) is 12.1 Å². The lowest BCUT2D eigenvalue weighted by atomic mass is 9.92. The lowest BCUT2D eigenvalue weighted by molar-refractivity contribution is 0.247. The SMILES string of the molecule is COc1cc(NC(=O)N[C@H](CCC(C)C)c2c(-n3cccc3)sc3c2CCN(C)C3)cc(OC)c1OC. The van der Waals surface area contributed by atoms with Crippen LogP contribution in [0.1, 0.15) is 48.7 Å². The third kappa shape index (κ3) is 6.05. The third-order valence-corrected chi connectivity index (χ3v) is 7.96. The third-order valence-electron chi connectivity index (χ3n) is 6.72. The van der Waals surface area contributed by atoms with Crippen LogP contribution in [0.4, 0.5) is 10.5 Å². The molecule has 1 atom stereocenters. The summed E-state index contributed by atoms with van der Waals surface area (Å²) in [6.07, 6.45) is 7.01. The zero-order valence-electron chi connectivity index (χ0n) is 22.6. The van der Waals surface area contributed by atoms with Gasteiger partial charge in [-0.3, -0.25) is 0 Å². The van der Waals surface area contributed by atoms with Crippen molar-refractivity contribution in [3.05, 3.63) is 52.7 Å². The lowest BCUT2D eigenvalue weighted by Crippen LogP contribution is -2.34. The van der Waals surface area contributed by atoms with Crippen LogP contribution in [-0.2, 0) is 13.0 Å². The molecule has 2 amide bonds. The molecule has 0 spiro atoms. The van der Waals surface area contributed by atoms with E-state index in [0.717, 1.165) is 32.4 Å². The maximum atomic E-state index is 13.4. The maximum Gasteiger partial charge on any atom is 0.319 e. The van der Waals surface area contributed by atoms with Crippen LogP contribution in [0, 0.1) is 5.92 Å². The number of hydrogen-bond acceptors (Lipinski definition) is 6. The second kappa shape index (κ2) is 11.9. The Morgan fingerprint density at radius 2 is 1.73 bits per heavy atom. The summed E-state index contributed by atoms with van der Waals surface area (Å²) in [7, 11) is 6.84. The minimum atomic E-state index is -0.269. The number of likely N-dealkylation sites (N-methyl/N-ethyl adjacent to an activating group) is 1. The summed E-state index contributed by atoms with van der Waals surface area (Å²) in [4.78, 5) is 17.1. The van der Waals surface area contributed by atoms with E-state index < -0.39 is 0 Å². The predicted octanol–water partition coefficient (Wildman–Crippen LogP) is 5.85. The second-order valence-corrected chi connectivity index (χ2v) is 10.9. The highest BCUT2D eigenvalue weighted by molar-refractivity contribution is 7.15. The minimum absolute atomic E-state index is 0.120. The van der Waals surface area contributed by atoms with Gasteiger partial charge in [0.15, 0.2) is 11.5 Å². The molecule has 0 saturated heterocycles. The van der Waals surface area contributed by atoms with E-state index in [1.807, 2.05) is 23.5 Å². The van der Waals surface area contributed by atoms with Crippen molar-refractivity contribution in [3.63, 3.8) is 0 Å². The Hall–Kier alpha value is -3.17. The van der Waals surface area contributed by atoms with Gasteiger partial charge < -0.3 is 34.3 Å². The number of urea groups is 1. The molecule has 2 N–H and O–H groups in total. The van der Waals surface area contributed by atoms with Crippen LogP contribution >= 0.6 is 11.3 Å². The molecule has 0 bridgehead atoms. The van der Waals surface area contributed by atoms with Crippen molar-refractivity contribution in [3.8, 4) is 22.2 Å². The summed E-state index contributed by atoms with van der Waals surface area (Å²) in [6, 6.07) is 7.17. The van der Waals surface area contributed by atoms with Gasteiger partial charge in [0.25, 0.3) is 0 Å². The first kappa shape index (κ1) is 26.9. The Morgan fingerprint density at radius 1 is 1.05 bits per heavy atom. The van der Waals surface area contributed by atoms with Crippen LogP contribution in [0.5, 0.6) is 17.2 Å². The number of ether oxygens (including phenoxy) is 3. The number of aromatic nitrogens is 1. The number of benzene rings is 1. The molecule has 200 valence electrons. The Kier molecular flexibility index (Phi) is 8.66. The Bertz CT molecular complexity index is 1180. The summed E-state index contributed by atoms with van der Waals surface area (Å²) < 4.78 is 18.5. The smallest absolute Gasteiger partial charge is 0.319 e. The molecule has 0 unspecified atom stereocenters. The number of thiophene rings is 1. The number of methoxy groups -OCH3 is 3. The summed E-state index contributed by atoms with van der Waals surface area (Å²) in [5, 5.41) is 7.48. The fraction of sp³-hybridized carbons (Fsp3) is 0.464. The van der Waals surface area contributed by atoms with Gasteiger partial charge >= 0.3 is 6.03 Å². The summed E-state index contributed by atoms with van der Waals surface area (Å²) in [6.45, 7) is 6.38. The predicted molar refractivity (Wildman–Crippen MR) is 149 cm³/mol. The zero-order chi connectivity index (χ0) is 26.5. The number of rotatable bonds is 10. The van der Waals surface area contributed by atoms with E-state index in [0.29, 0.717) is 28.9 Å². The fourth-order valence-electron chi connectivity index (χ4n) is 4.83. The number of nitrogens with one attached hydrogen (secondary N) is 2. The topological polar surface area (TPSA) is 77.0 Å². The zero-order valence-corrected chi connectivity index (χ0v) is 23.4.